The first-order valence-corrected chi connectivity index (χ1v) is 9.48. The Bertz CT molecular complexity index is 718. The summed E-state index contributed by atoms with van der Waals surface area (Å²) in [5, 5.41) is 25.1. The maximum atomic E-state index is 12.6. The van der Waals surface area contributed by atoms with Crippen LogP contribution in [-0.2, 0) is 25.6 Å². The quantitative estimate of drug-likeness (QED) is 0.201. The predicted octanol–water partition coefficient (Wildman–Crippen LogP) is -1.96. The molecule has 0 radical (unpaired) electrons. The van der Waals surface area contributed by atoms with E-state index in [0.29, 0.717) is 0 Å². The van der Waals surface area contributed by atoms with Crippen LogP contribution in [-0.4, -0.2) is 70.4 Å². The van der Waals surface area contributed by atoms with Gasteiger partial charge < -0.3 is 31.9 Å². The summed E-state index contributed by atoms with van der Waals surface area (Å²) in [6.45, 7) is 0.702. The van der Waals surface area contributed by atoms with Crippen molar-refractivity contribution in [1.82, 2.24) is 16.0 Å². The molecule has 0 saturated heterocycles. The van der Waals surface area contributed by atoms with Crippen molar-refractivity contribution in [1.29, 1.82) is 0 Å². The Morgan fingerprint density at radius 1 is 1.00 bits per heavy atom. The van der Waals surface area contributed by atoms with Crippen molar-refractivity contribution in [3.8, 4) is 0 Å². The van der Waals surface area contributed by atoms with Crippen molar-refractivity contribution in [2.75, 3.05) is 12.4 Å². The zero-order valence-corrected chi connectivity index (χ0v) is 16.8. The molecule has 11 heteroatoms. The number of thiol groups is 1. The highest BCUT2D eigenvalue weighted by Crippen LogP contribution is 2.05. The maximum Gasteiger partial charge on any atom is 0.325 e. The van der Waals surface area contributed by atoms with Crippen LogP contribution in [0.2, 0.25) is 0 Å². The van der Waals surface area contributed by atoms with Gasteiger partial charge in [0, 0.05) is 12.2 Å². The molecule has 0 aliphatic rings. The van der Waals surface area contributed by atoms with Gasteiger partial charge in [-0.05, 0) is 12.5 Å². The van der Waals surface area contributed by atoms with E-state index in [1.165, 1.54) is 6.92 Å². The van der Waals surface area contributed by atoms with Crippen molar-refractivity contribution >= 4 is 36.3 Å². The lowest BCUT2D eigenvalue weighted by atomic mass is 10.0. The van der Waals surface area contributed by atoms with Crippen LogP contribution in [0.5, 0.6) is 0 Å². The van der Waals surface area contributed by atoms with Gasteiger partial charge in [0.1, 0.15) is 24.2 Å². The summed E-state index contributed by atoms with van der Waals surface area (Å²) < 4.78 is 0. The second-order valence-electron chi connectivity index (χ2n) is 6.35. The number of carboxylic acid groups (broad SMARTS) is 1. The minimum absolute atomic E-state index is 0.0824. The van der Waals surface area contributed by atoms with Crippen LogP contribution in [0, 0.1) is 0 Å². The topological polar surface area (TPSA) is 171 Å². The average Bonchev–Trinajstić information content (AvgIpc) is 2.70. The number of benzene rings is 1. The van der Waals surface area contributed by atoms with E-state index < -0.39 is 54.5 Å². The molecule has 1 aromatic rings. The molecule has 0 aliphatic heterocycles. The number of aliphatic hydroxyl groups excluding tert-OH is 1. The minimum atomic E-state index is -1.22. The number of carbonyl (C=O) groups is 4. The molecule has 4 unspecified atom stereocenters. The normalized spacial score (nSPS) is 14.8. The van der Waals surface area contributed by atoms with Gasteiger partial charge in [0.15, 0.2) is 0 Å². The molecule has 1 aromatic carbocycles. The van der Waals surface area contributed by atoms with Crippen LogP contribution in [0.25, 0.3) is 0 Å². The first-order valence-electron chi connectivity index (χ1n) is 8.84. The standard InChI is InChI=1S/C18H26N4O6S/c1-10(18(27)28)20-16(25)13(7-11-5-3-2-4-6-11)21-17(26)14(9-29)22-15(24)12(19)8-23/h2-6,10,12-14,23,29H,7-9,19H2,1H3,(H,20,25)(H,21,26)(H,22,24)(H,27,28). The lowest BCUT2D eigenvalue weighted by Crippen LogP contribution is -2.58. The molecule has 29 heavy (non-hydrogen) atoms. The molecule has 0 saturated carbocycles. The second-order valence-corrected chi connectivity index (χ2v) is 6.72. The molecule has 160 valence electrons. The molecule has 1 rings (SSSR count). The number of carbonyl (C=O) groups excluding carboxylic acids is 3. The smallest absolute Gasteiger partial charge is 0.325 e. The van der Waals surface area contributed by atoms with Crippen LogP contribution >= 0.6 is 12.6 Å². The van der Waals surface area contributed by atoms with Gasteiger partial charge in [-0.3, -0.25) is 19.2 Å². The Morgan fingerprint density at radius 3 is 2.07 bits per heavy atom. The first kappa shape index (κ1) is 24.4. The van der Waals surface area contributed by atoms with E-state index in [1.54, 1.807) is 30.3 Å². The van der Waals surface area contributed by atoms with E-state index in [0.717, 1.165) is 5.56 Å². The van der Waals surface area contributed by atoms with Gasteiger partial charge in [-0.25, -0.2) is 0 Å². The van der Waals surface area contributed by atoms with Gasteiger partial charge >= 0.3 is 5.97 Å². The Kier molecular flexibility index (Phi) is 10.1. The molecule has 10 nitrogen and oxygen atoms in total. The Balaban J connectivity index is 2.93. The van der Waals surface area contributed by atoms with Gasteiger partial charge in [0.05, 0.1) is 6.61 Å². The fourth-order valence-corrected chi connectivity index (χ4v) is 2.52. The highest BCUT2D eigenvalue weighted by Gasteiger charge is 2.28. The second kappa shape index (κ2) is 12.0. The molecule has 0 aromatic heterocycles. The molecular weight excluding hydrogens is 400 g/mol. The van der Waals surface area contributed by atoms with Gasteiger partial charge in [-0.1, -0.05) is 30.3 Å². The monoisotopic (exact) mass is 426 g/mol. The largest absolute Gasteiger partial charge is 0.480 e. The zero-order chi connectivity index (χ0) is 22.0. The summed E-state index contributed by atoms with van der Waals surface area (Å²) in [6.07, 6.45) is 0.105. The lowest BCUT2D eigenvalue weighted by molar-refractivity contribution is -0.141. The molecule has 0 fully saturated rings. The van der Waals surface area contributed by atoms with Gasteiger partial charge in [0.25, 0.3) is 0 Å². The zero-order valence-electron chi connectivity index (χ0n) is 15.9. The molecular formula is C18H26N4O6S. The number of nitrogens with two attached hydrogens (primary N) is 1. The third-order valence-corrected chi connectivity index (χ3v) is 4.36. The van der Waals surface area contributed by atoms with Crippen LogP contribution in [0.3, 0.4) is 0 Å². The van der Waals surface area contributed by atoms with Gasteiger partial charge in [-0.15, -0.1) is 0 Å². The molecule has 7 N–H and O–H groups in total. The van der Waals surface area contributed by atoms with Crippen molar-refractivity contribution in [3.63, 3.8) is 0 Å². The number of hydrogen-bond acceptors (Lipinski definition) is 7. The third-order valence-electron chi connectivity index (χ3n) is 3.99. The lowest BCUT2D eigenvalue weighted by Gasteiger charge is -2.24. The average molecular weight is 426 g/mol. The van der Waals surface area contributed by atoms with E-state index in [9.17, 15) is 19.2 Å². The van der Waals surface area contributed by atoms with E-state index in [-0.39, 0.29) is 12.2 Å². The summed E-state index contributed by atoms with van der Waals surface area (Å²) in [4.78, 5) is 47.9. The van der Waals surface area contributed by atoms with Crippen molar-refractivity contribution in [3.05, 3.63) is 35.9 Å². The van der Waals surface area contributed by atoms with Crippen LogP contribution < -0.4 is 21.7 Å². The number of rotatable bonds is 11. The SMILES string of the molecule is CC(NC(=O)C(Cc1ccccc1)NC(=O)C(CS)NC(=O)C(N)CO)C(=O)O. The highest BCUT2D eigenvalue weighted by atomic mass is 32.1. The van der Waals surface area contributed by atoms with Crippen molar-refractivity contribution in [2.45, 2.75) is 37.5 Å². The summed E-state index contributed by atoms with van der Waals surface area (Å²) in [5.41, 5.74) is 6.16. The van der Waals surface area contributed by atoms with E-state index >= 15 is 0 Å². The summed E-state index contributed by atoms with van der Waals surface area (Å²) in [6, 6.07) is 4.28. The number of amides is 3. The van der Waals surface area contributed by atoms with Gasteiger partial charge in [-0.2, -0.15) is 12.6 Å². The fourth-order valence-electron chi connectivity index (χ4n) is 2.26. The Hall–Kier alpha value is -2.63. The molecule has 4 atom stereocenters. The van der Waals surface area contributed by atoms with E-state index in [2.05, 4.69) is 28.6 Å². The first-order chi connectivity index (χ1) is 13.7. The molecule has 0 aliphatic carbocycles. The number of aliphatic hydroxyl groups is 1. The fraction of sp³-hybridized carbons (Fsp3) is 0.444. The van der Waals surface area contributed by atoms with Crippen LogP contribution in [0.15, 0.2) is 30.3 Å². The summed E-state index contributed by atoms with van der Waals surface area (Å²) in [7, 11) is 0. The van der Waals surface area contributed by atoms with Crippen LogP contribution in [0.4, 0.5) is 0 Å². The van der Waals surface area contributed by atoms with Crippen molar-refractivity contribution in [2.24, 2.45) is 5.73 Å². The third kappa shape index (κ3) is 8.10. The molecule has 0 bridgehead atoms. The highest BCUT2D eigenvalue weighted by molar-refractivity contribution is 7.80. The summed E-state index contributed by atoms with van der Waals surface area (Å²) in [5.74, 6) is -3.43. The Morgan fingerprint density at radius 2 is 1.55 bits per heavy atom. The summed E-state index contributed by atoms with van der Waals surface area (Å²) >= 11 is 4.03. The van der Waals surface area contributed by atoms with E-state index in [4.69, 9.17) is 15.9 Å². The number of nitrogens with one attached hydrogen (secondary N) is 3. The maximum absolute atomic E-state index is 12.6. The van der Waals surface area contributed by atoms with Crippen molar-refractivity contribution < 1.29 is 29.4 Å². The van der Waals surface area contributed by atoms with Crippen LogP contribution in [0.1, 0.15) is 12.5 Å². The number of hydrogen-bond donors (Lipinski definition) is 7. The Labute approximate surface area is 173 Å². The minimum Gasteiger partial charge on any atom is -0.480 e. The number of carboxylic acids is 1. The van der Waals surface area contributed by atoms with Gasteiger partial charge in [0.2, 0.25) is 17.7 Å². The van der Waals surface area contributed by atoms with E-state index in [1.807, 2.05) is 0 Å². The number of aliphatic carboxylic acids is 1. The molecule has 3 amide bonds. The predicted molar refractivity (Wildman–Crippen MR) is 108 cm³/mol. The molecule has 0 heterocycles. The molecule has 0 spiro atoms.